The summed E-state index contributed by atoms with van der Waals surface area (Å²) in [6, 6.07) is 2.95. The largest absolute Gasteiger partial charge is 0.370 e. The maximum Gasteiger partial charge on any atom is 0.242 e. The lowest BCUT2D eigenvalue weighted by molar-refractivity contribution is 0.578. The molecule has 20 heavy (non-hydrogen) atoms. The second kappa shape index (κ2) is 6.97. The van der Waals surface area contributed by atoms with E-state index in [0.717, 1.165) is 0 Å². The van der Waals surface area contributed by atoms with Crippen LogP contribution in [0.4, 0.5) is 5.82 Å². The van der Waals surface area contributed by atoms with Crippen LogP contribution in [0.25, 0.3) is 0 Å². The third-order valence-corrected chi connectivity index (χ3v) is 5.19. The lowest BCUT2D eigenvalue weighted by Crippen LogP contribution is -2.33. The molecule has 1 heterocycles. The Labute approximate surface area is 119 Å². The summed E-state index contributed by atoms with van der Waals surface area (Å²) in [5.41, 5.74) is 0. The maximum atomic E-state index is 11.9. The van der Waals surface area contributed by atoms with E-state index in [1.54, 1.807) is 6.07 Å². The topological polar surface area (TPSA) is 117 Å². The van der Waals surface area contributed by atoms with Crippen LogP contribution in [0.1, 0.15) is 6.92 Å². The molecule has 0 radical (unpaired) electrons. The summed E-state index contributed by atoms with van der Waals surface area (Å²) < 4.78 is 50.4. The molecule has 0 aliphatic rings. The van der Waals surface area contributed by atoms with E-state index >= 15 is 0 Å². The van der Waals surface area contributed by atoms with Crippen molar-refractivity contribution >= 4 is 25.9 Å². The normalized spacial score (nSPS) is 12.3. The summed E-state index contributed by atoms with van der Waals surface area (Å²) in [5.74, 6) is 0.246. The Balaban J connectivity index is 2.69. The van der Waals surface area contributed by atoms with Gasteiger partial charge in [0.05, 0.1) is 5.75 Å². The van der Waals surface area contributed by atoms with Gasteiger partial charge in [-0.3, -0.25) is 0 Å². The molecule has 0 saturated carbocycles. The molecule has 0 aliphatic heterocycles. The fourth-order valence-corrected chi connectivity index (χ4v) is 3.00. The first kappa shape index (κ1) is 16.8. The predicted octanol–water partition coefficient (Wildman–Crippen LogP) is -0.659. The molecule has 0 aromatic carbocycles. The van der Waals surface area contributed by atoms with Crippen LogP contribution in [-0.2, 0) is 20.0 Å². The molecule has 0 fully saturated rings. The van der Waals surface area contributed by atoms with Gasteiger partial charge in [-0.15, -0.1) is 0 Å². The van der Waals surface area contributed by atoms with Crippen LogP contribution >= 0.6 is 0 Å². The van der Waals surface area contributed by atoms with E-state index in [-0.39, 0.29) is 17.2 Å². The van der Waals surface area contributed by atoms with Crippen LogP contribution in [0, 0.1) is 0 Å². The number of pyridine rings is 1. The van der Waals surface area contributed by atoms with Crippen LogP contribution < -0.4 is 14.8 Å². The molecular weight excluding hydrogens is 304 g/mol. The molecule has 0 saturated heterocycles. The monoisotopic (exact) mass is 322 g/mol. The van der Waals surface area contributed by atoms with Crippen LogP contribution in [0.2, 0.25) is 0 Å². The minimum absolute atomic E-state index is 0.0130. The van der Waals surface area contributed by atoms with Gasteiger partial charge in [0, 0.05) is 19.3 Å². The lowest BCUT2D eigenvalue weighted by atomic mass is 10.4. The van der Waals surface area contributed by atoms with Crippen molar-refractivity contribution in [3.05, 3.63) is 18.3 Å². The standard InChI is InChI=1S/C10H18N4O4S2/c1-3-12-10-5-4-9(8-13-10)20(17,18)14-6-7-19(15,16)11-2/h4-5,8,11,14H,3,6-7H2,1-2H3,(H,12,13). The second-order valence-corrected chi connectivity index (χ2v) is 7.64. The summed E-state index contributed by atoms with van der Waals surface area (Å²) >= 11 is 0. The summed E-state index contributed by atoms with van der Waals surface area (Å²) in [4.78, 5) is 3.93. The molecule has 0 unspecified atom stereocenters. The highest BCUT2D eigenvalue weighted by Crippen LogP contribution is 2.10. The summed E-state index contributed by atoms with van der Waals surface area (Å²) in [5, 5.41) is 2.94. The van der Waals surface area contributed by atoms with E-state index in [9.17, 15) is 16.8 Å². The number of hydrogen-bond acceptors (Lipinski definition) is 6. The predicted molar refractivity (Wildman–Crippen MR) is 76.4 cm³/mol. The molecule has 1 aromatic rings. The molecule has 0 amide bonds. The van der Waals surface area contributed by atoms with Gasteiger partial charge in [-0.1, -0.05) is 0 Å². The van der Waals surface area contributed by atoms with Gasteiger partial charge in [0.25, 0.3) is 0 Å². The van der Waals surface area contributed by atoms with Crippen LogP contribution in [0.5, 0.6) is 0 Å². The van der Waals surface area contributed by atoms with E-state index in [1.165, 1.54) is 19.3 Å². The van der Waals surface area contributed by atoms with Gasteiger partial charge in [0.15, 0.2) is 0 Å². The molecule has 1 rings (SSSR count). The number of nitrogens with zero attached hydrogens (tertiary/aromatic N) is 1. The molecule has 114 valence electrons. The zero-order chi connectivity index (χ0) is 15.2. The molecule has 3 N–H and O–H groups in total. The van der Waals surface area contributed by atoms with Crippen LogP contribution in [0.3, 0.4) is 0 Å². The zero-order valence-corrected chi connectivity index (χ0v) is 12.9. The van der Waals surface area contributed by atoms with Crippen LogP contribution in [-0.4, -0.2) is 47.7 Å². The van der Waals surface area contributed by atoms with Crippen molar-refractivity contribution < 1.29 is 16.8 Å². The van der Waals surface area contributed by atoms with E-state index in [1.807, 2.05) is 6.92 Å². The SMILES string of the molecule is CCNc1ccc(S(=O)(=O)NCCS(=O)(=O)NC)cn1. The first-order chi connectivity index (χ1) is 9.30. The minimum Gasteiger partial charge on any atom is -0.370 e. The molecule has 0 spiro atoms. The highest BCUT2D eigenvalue weighted by Gasteiger charge is 2.15. The molecule has 1 aromatic heterocycles. The van der Waals surface area contributed by atoms with Gasteiger partial charge in [0.1, 0.15) is 10.7 Å². The third kappa shape index (κ3) is 5.04. The molecule has 10 heteroatoms. The highest BCUT2D eigenvalue weighted by molar-refractivity contribution is 7.90. The van der Waals surface area contributed by atoms with E-state index in [4.69, 9.17) is 0 Å². The Morgan fingerprint density at radius 1 is 1.20 bits per heavy atom. The summed E-state index contributed by atoms with van der Waals surface area (Å²) in [6.45, 7) is 2.37. The smallest absolute Gasteiger partial charge is 0.242 e. The maximum absolute atomic E-state index is 11.9. The van der Waals surface area contributed by atoms with Crippen molar-refractivity contribution in [2.75, 3.05) is 31.2 Å². The van der Waals surface area contributed by atoms with Gasteiger partial charge in [-0.2, -0.15) is 0 Å². The number of rotatable bonds is 8. The highest BCUT2D eigenvalue weighted by atomic mass is 32.2. The van der Waals surface area contributed by atoms with Crippen LogP contribution in [0.15, 0.2) is 23.2 Å². The number of sulfonamides is 2. The summed E-state index contributed by atoms with van der Waals surface area (Å²) in [7, 11) is -5.92. The van der Waals surface area contributed by atoms with Crippen molar-refractivity contribution in [2.24, 2.45) is 0 Å². The minimum atomic E-state index is -3.76. The first-order valence-electron chi connectivity index (χ1n) is 5.91. The van der Waals surface area contributed by atoms with Gasteiger partial charge in [0.2, 0.25) is 20.0 Å². The van der Waals surface area contributed by atoms with Crippen molar-refractivity contribution in [2.45, 2.75) is 11.8 Å². The van der Waals surface area contributed by atoms with Gasteiger partial charge in [-0.25, -0.2) is 31.3 Å². The fourth-order valence-electron chi connectivity index (χ4n) is 1.32. The first-order valence-corrected chi connectivity index (χ1v) is 9.05. The van der Waals surface area contributed by atoms with E-state index < -0.39 is 20.0 Å². The molecular formula is C10H18N4O4S2. The summed E-state index contributed by atoms with van der Waals surface area (Å²) in [6.07, 6.45) is 1.22. The Morgan fingerprint density at radius 2 is 1.90 bits per heavy atom. The molecule has 0 bridgehead atoms. The Kier molecular flexibility index (Phi) is 5.87. The Bertz CT molecular complexity index is 626. The Morgan fingerprint density at radius 3 is 2.40 bits per heavy atom. The number of aromatic nitrogens is 1. The van der Waals surface area contributed by atoms with Gasteiger partial charge < -0.3 is 5.32 Å². The lowest BCUT2D eigenvalue weighted by Gasteiger charge is -2.07. The second-order valence-electron chi connectivity index (χ2n) is 3.83. The van der Waals surface area contributed by atoms with E-state index in [0.29, 0.717) is 12.4 Å². The number of anilines is 1. The third-order valence-electron chi connectivity index (χ3n) is 2.38. The van der Waals surface area contributed by atoms with Crippen molar-refractivity contribution in [1.29, 1.82) is 0 Å². The van der Waals surface area contributed by atoms with Crippen molar-refractivity contribution in [1.82, 2.24) is 14.4 Å². The quantitative estimate of drug-likeness (QED) is 0.585. The number of hydrogen-bond donors (Lipinski definition) is 3. The zero-order valence-electron chi connectivity index (χ0n) is 11.3. The van der Waals surface area contributed by atoms with Gasteiger partial charge in [-0.05, 0) is 26.1 Å². The Hall–Kier alpha value is -1.23. The molecule has 0 atom stereocenters. The average Bonchev–Trinajstić information content (AvgIpc) is 2.39. The van der Waals surface area contributed by atoms with Crippen molar-refractivity contribution in [3.8, 4) is 0 Å². The van der Waals surface area contributed by atoms with Gasteiger partial charge >= 0.3 is 0 Å². The van der Waals surface area contributed by atoms with Crippen molar-refractivity contribution in [3.63, 3.8) is 0 Å². The molecule has 8 nitrogen and oxygen atoms in total. The average molecular weight is 322 g/mol. The number of nitrogens with one attached hydrogen (secondary N) is 3. The fraction of sp³-hybridized carbons (Fsp3) is 0.500. The van der Waals surface area contributed by atoms with E-state index in [2.05, 4.69) is 19.7 Å². The molecule has 0 aliphatic carbocycles.